The Bertz CT molecular complexity index is 1220. The number of rotatable bonds is 8. The van der Waals surface area contributed by atoms with Crippen LogP contribution in [0.2, 0.25) is 5.02 Å². The highest BCUT2D eigenvalue weighted by Crippen LogP contribution is 2.44. The normalized spacial score (nSPS) is 28.3. The van der Waals surface area contributed by atoms with Crippen LogP contribution in [0.15, 0.2) is 29.7 Å². The number of alkyl halides is 2. The van der Waals surface area contributed by atoms with Crippen molar-refractivity contribution in [2.24, 2.45) is 5.92 Å². The summed E-state index contributed by atoms with van der Waals surface area (Å²) >= 11 is 6.36. The first-order valence-corrected chi connectivity index (χ1v) is 15.6. The van der Waals surface area contributed by atoms with Gasteiger partial charge < -0.3 is 10.2 Å². The van der Waals surface area contributed by atoms with Gasteiger partial charge in [0.2, 0.25) is 5.91 Å². The fourth-order valence-electron chi connectivity index (χ4n) is 5.54. The summed E-state index contributed by atoms with van der Waals surface area (Å²) in [5.74, 6) is -2.95. The molecule has 3 aliphatic rings. The van der Waals surface area contributed by atoms with Crippen LogP contribution >= 0.6 is 11.6 Å². The minimum absolute atomic E-state index is 0.0163. The molecule has 0 bridgehead atoms. The summed E-state index contributed by atoms with van der Waals surface area (Å²) in [6.45, 7) is 2.43. The molecule has 4 rings (SSSR count). The number of halogens is 4. The summed E-state index contributed by atoms with van der Waals surface area (Å²) < 4.78 is 67.9. The van der Waals surface area contributed by atoms with Crippen molar-refractivity contribution in [2.75, 3.05) is 39.0 Å². The van der Waals surface area contributed by atoms with E-state index in [-0.39, 0.29) is 68.5 Å². The molecule has 0 unspecified atom stereocenters. The van der Waals surface area contributed by atoms with Gasteiger partial charge >= 0.3 is 0 Å². The summed E-state index contributed by atoms with van der Waals surface area (Å²) in [7, 11) is -3.39. The molecule has 2 heterocycles. The number of nitrogens with one attached hydrogen (secondary N) is 1. The zero-order valence-electron chi connectivity index (χ0n) is 22.1. The Balaban J connectivity index is 1.47. The maximum absolute atomic E-state index is 15.8. The molecule has 1 aromatic rings. The van der Waals surface area contributed by atoms with Gasteiger partial charge in [-0.15, -0.1) is 0 Å². The number of hydrogen-bond acceptors (Lipinski definition) is 5. The predicted octanol–water partition coefficient (Wildman–Crippen LogP) is 3.78. The third kappa shape index (κ3) is 7.35. The third-order valence-electron chi connectivity index (χ3n) is 7.85. The molecule has 0 aromatic heterocycles. The van der Waals surface area contributed by atoms with Crippen LogP contribution in [-0.4, -0.2) is 86.4 Å². The Morgan fingerprint density at radius 2 is 1.90 bits per heavy atom. The molecule has 1 aromatic carbocycles. The van der Waals surface area contributed by atoms with E-state index in [0.717, 1.165) is 11.7 Å². The van der Waals surface area contributed by atoms with E-state index in [0.29, 0.717) is 12.8 Å². The van der Waals surface area contributed by atoms with E-state index in [2.05, 4.69) is 5.32 Å². The Labute approximate surface area is 232 Å². The van der Waals surface area contributed by atoms with E-state index < -0.39 is 50.8 Å². The topological polar surface area (TPSA) is 86.8 Å². The summed E-state index contributed by atoms with van der Waals surface area (Å²) in [5, 5.41) is 3.65. The van der Waals surface area contributed by atoms with Gasteiger partial charge in [0.25, 0.3) is 5.91 Å². The lowest BCUT2D eigenvalue weighted by Gasteiger charge is -2.28. The van der Waals surface area contributed by atoms with Gasteiger partial charge in [-0.25, -0.2) is 21.6 Å². The van der Waals surface area contributed by atoms with Gasteiger partial charge in [0.1, 0.15) is 11.5 Å². The Kier molecular flexibility index (Phi) is 8.73. The van der Waals surface area contributed by atoms with Crippen molar-refractivity contribution in [1.29, 1.82) is 0 Å². The maximum Gasteiger partial charge on any atom is 0.258 e. The smallest absolute Gasteiger partial charge is 0.258 e. The van der Waals surface area contributed by atoms with E-state index in [4.69, 9.17) is 11.6 Å². The molecule has 7 nitrogen and oxygen atoms in total. The monoisotopic (exact) mass is 589 g/mol. The van der Waals surface area contributed by atoms with Crippen molar-refractivity contribution >= 4 is 33.3 Å². The average molecular weight is 590 g/mol. The first kappa shape index (κ1) is 29.9. The molecule has 1 saturated carbocycles. The number of sulfone groups is 1. The van der Waals surface area contributed by atoms with Gasteiger partial charge in [-0.3, -0.25) is 14.5 Å². The van der Waals surface area contributed by atoms with Crippen LogP contribution in [0.25, 0.3) is 0 Å². The average Bonchev–Trinajstić information content (AvgIpc) is 3.49. The molecule has 216 valence electrons. The number of carbonyl (C=O) groups excluding carboxylic acids is 2. The number of hydrogen-bond donors (Lipinski definition) is 1. The van der Waals surface area contributed by atoms with E-state index >= 15 is 4.39 Å². The lowest BCUT2D eigenvalue weighted by Crippen LogP contribution is -2.47. The van der Waals surface area contributed by atoms with E-state index in [1.54, 1.807) is 13.0 Å². The zero-order valence-corrected chi connectivity index (χ0v) is 23.7. The fourth-order valence-corrected chi connectivity index (χ4v) is 6.37. The molecule has 2 amide bonds. The summed E-state index contributed by atoms with van der Waals surface area (Å²) in [5.41, 5.74) is -3.28. The van der Waals surface area contributed by atoms with E-state index in [1.807, 2.05) is 4.90 Å². The lowest BCUT2D eigenvalue weighted by molar-refractivity contribution is -0.137. The standard InChI is InChI=1S/C27H35ClF3N3O4S/c1-18(7-14-39(2,37)38)32-25(36)27(31)8-4-12-34(13-11-27)24(35)20-16-33(17-26(30)9-10-26)15-19(20)23-21(28)5-3-6-22(23)29/h3,5-7,14,18-20H,4,8-13,15-17H2,1-2H3,(H,32,36)/b14-7-/t18-,19-,20+,27-/m1/s1. The molecule has 0 spiro atoms. The van der Waals surface area contributed by atoms with Gasteiger partial charge in [0.05, 0.1) is 5.92 Å². The van der Waals surface area contributed by atoms with Crippen molar-refractivity contribution in [3.63, 3.8) is 0 Å². The SMILES string of the molecule is C[C@H](/C=C\S(C)(=O)=O)NC(=O)[C@@]1(F)CCCN(C(=O)[C@H]2CN(CC3(F)CC3)C[C@H]2c2c(F)cccc2Cl)CC1. The van der Waals surface area contributed by atoms with Crippen LogP contribution in [-0.2, 0) is 19.4 Å². The molecule has 0 radical (unpaired) electrons. The van der Waals surface area contributed by atoms with Gasteiger partial charge in [0, 0.05) is 73.4 Å². The third-order valence-corrected chi connectivity index (χ3v) is 8.83. The van der Waals surface area contributed by atoms with Crippen LogP contribution < -0.4 is 5.32 Å². The highest BCUT2D eigenvalue weighted by molar-refractivity contribution is 7.93. The van der Waals surface area contributed by atoms with E-state index in [1.165, 1.54) is 23.1 Å². The summed E-state index contributed by atoms with van der Waals surface area (Å²) in [6.07, 6.45) is 3.11. The van der Waals surface area contributed by atoms with Gasteiger partial charge in [-0.05, 0) is 44.7 Å². The Hall–Kier alpha value is -2.11. The number of nitrogens with zero attached hydrogens (tertiary/aromatic N) is 2. The molecule has 2 saturated heterocycles. The van der Waals surface area contributed by atoms with Crippen molar-refractivity contribution < 1.29 is 31.2 Å². The summed E-state index contributed by atoms with van der Waals surface area (Å²) in [4.78, 5) is 29.9. The Morgan fingerprint density at radius 3 is 2.54 bits per heavy atom. The highest BCUT2D eigenvalue weighted by atomic mass is 35.5. The molecule has 4 atom stereocenters. The minimum Gasteiger partial charge on any atom is -0.347 e. The quantitative estimate of drug-likeness (QED) is 0.499. The second kappa shape index (κ2) is 11.4. The van der Waals surface area contributed by atoms with Crippen molar-refractivity contribution in [3.05, 3.63) is 46.1 Å². The minimum atomic E-state index is -3.39. The van der Waals surface area contributed by atoms with Crippen LogP contribution in [0.5, 0.6) is 0 Å². The first-order valence-electron chi connectivity index (χ1n) is 13.2. The van der Waals surface area contributed by atoms with Crippen molar-refractivity contribution in [2.45, 2.75) is 62.3 Å². The van der Waals surface area contributed by atoms with E-state index in [9.17, 15) is 26.8 Å². The van der Waals surface area contributed by atoms with Crippen LogP contribution in [0.3, 0.4) is 0 Å². The van der Waals surface area contributed by atoms with Gasteiger partial charge in [-0.2, -0.15) is 0 Å². The molecular weight excluding hydrogens is 555 g/mol. The second-order valence-corrected chi connectivity index (χ2v) is 13.6. The van der Waals surface area contributed by atoms with Crippen LogP contribution in [0.4, 0.5) is 13.2 Å². The Morgan fingerprint density at radius 1 is 1.18 bits per heavy atom. The number of carbonyl (C=O) groups is 2. The van der Waals surface area contributed by atoms with Crippen LogP contribution in [0, 0.1) is 11.7 Å². The second-order valence-electron chi connectivity index (χ2n) is 11.3. The molecule has 39 heavy (non-hydrogen) atoms. The first-order chi connectivity index (χ1) is 18.2. The van der Waals surface area contributed by atoms with Crippen molar-refractivity contribution in [3.8, 4) is 0 Å². The molecule has 1 N–H and O–H groups in total. The van der Waals surface area contributed by atoms with Gasteiger partial charge in [0.15, 0.2) is 15.5 Å². The fraction of sp³-hybridized carbons (Fsp3) is 0.630. The largest absolute Gasteiger partial charge is 0.347 e. The maximum atomic E-state index is 15.8. The zero-order chi connectivity index (χ0) is 28.6. The predicted molar refractivity (Wildman–Crippen MR) is 143 cm³/mol. The molecule has 12 heteroatoms. The number of likely N-dealkylation sites (tertiary alicyclic amines) is 2. The molecule has 1 aliphatic carbocycles. The number of benzene rings is 1. The highest BCUT2D eigenvalue weighted by Gasteiger charge is 2.50. The number of amides is 2. The van der Waals surface area contributed by atoms with Crippen LogP contribution in [0.1, 0.15) is 50.5 Å². The van der Waals surface area contributed by atoms with Gasteiger partial charge in [-0.1, -0.05) is 23.7 Å². The lowest BCUT2D eigenvalue weighted by atomic mass is 9.87. The summed E-state index contributed by atoms with van der Waals surface area (Å²) in [6, 6.07) is 3.64. The molecule has 2 aliphatic heterocycles. The molecule has 3 fully saturated rings. The van der Waals surface area contributed by atoms with Crippen molar-refractivity contribution in [1.82, 2.24) is 15.1 Å². The molecular formula is C27H35ClF3N3O4S.